The zero-order valence-corrected chi connectivity index (χ0v) is 12.2. The lowest BCUT2D eigenvalue weighted by Crippen LogP contribution is -2.37. The molecule has 1 aromatic heterocycles. The van der Waals surface area contributed by atoms with Crippen molar-refractivity contribution < 1.29 is 19.1 Å². The smallest absolute Gasteiger partial charge is 0.303 e. The monoisotopic (exact) mass is 289 g/mol. The molecule has 0 spiro atoms. The van der Waals surface area contributed by atoms with Gasteiger partial charge in [0.25, 0.3) is 5.91 Å². The van der Waals surface area contributed by atoms with Crippen molar-refractivity contribution in [2.75, 3.05) is 6.54 Å². The van der Waals surface area contributed by atoms with Gasteiger partial charge in [0.2, 0.25) is 0 Å². The molecule has 2 aromatic rings. The van der Waals surface area contributed by atoms with Crippen molar-refractivity contribution in [3.05, 3.63) is 36.1 Å². The van der Waals surface area contributed by atoms with Gasteiger partial charge in [-0.2, -0.15) is 0 Å². The fourth-order valence-corrected chi connectivity index (χ4v) is 2.22. The van der Waals surface area contributed by atoms with E-state index in [1.807, 2.05) is 38.1 Å². The van der Waals surface area contributed by atoms with E-state index in [1.54, 1.807) is 11.0 Å². The number of fused-ring (bicyclic) bond motifs is 1. The largest absolute Gasteiger partial charge is 0.481 e. The first-order valence-corrected chi connectivity index (χ1v) is 7.00. The number of carbonyl (C=O) groups excluding carboxylic acids is 1. The van der Waals surface area contributed by atoms with Crippen molar-refractivity contribution in [1.29, 1.82) is 0 Å². The van der Waals surface area contributed by atoms with Gasteiger partial charge in [0.1, 0.15) is 5.58 Å². The number of carbonyl (C=O) groups is 2. The van der Waals surface area contributed by atoms with Crippen LogP contribution < -0.4 is 0 Å². The number of furan rings is 1. The van der Waals surface area contributed by atoms with Gasteiger partial charge in [-0.3, -0.25) is 9.59 Å². The number of hydrogen-bond donors (Lipinski definition) is 1. The van der Waals surface area contributed by atoms with Crippen molar-refractivity contribution in [3.8, 4) is 0 Å². The Labute approximate surface area is 123 Å². The summed E-state index contributed by atoms with van der Waals surface area (Å²) in [7, 11) is 0. The molecule has 0 bridgehead atoms. The molecule has 0 fully saturated rings. The summed E-state index contributed by atoms with van der Waals surface area (Å²) >= 11 is 0. The van der Waals surface area contributed by atoms with Crippen LogP contribution in [-0.4, -0.2) is 34.5 Å². The number of rotatable bonds is 6. The number of carboxylic acid groups (broad SMARTS) is 1. The predicted octanol–water partition coefficient (Wildman–Crippen LogP) is 3.15. The van der Waals surface area contributed by atoms with Crippen LogP contribution >= 0.6 is 0 Å². The molecule has 0 radical (unpaired) electrons. The summed E-state index contributed by atoms with van der Waals surface area (Å²) in [5.74, 6) is -0.762. The van der Waals surface area contributed by atoms with Crippen LogP contribution in [0.2, 0.25) is 0 Å². The van der Waals surface area contributed by atoms with Gasteiger partial charge >= 0.3 is 5.97 Å². The first-order chi connectivity index (χ1) is 9.99. The highest BCUT2D eigenvalue weighted by molar-refractivity contribution is 5.96. The molecule has 2 rings (SSSR count). The highest BCUT2D eigenvalue weighted by Gasteiger charge is 2.22. The second-order valence-electron chi connectivity index (χ2n) is 5.24. The van der Waals surface area contributed by atoms with Crippen molar-refractivity contribution in [1.82, 2.24) is 4.90 Å². The zero-order valence-electron chi connectivity index (χ0n) is 12.2. The van der Waals surface area contributed by atoms with Crippen LogP contribution in [0.5, 0.6) is 0 Å². The maximum atomic E-state index is 12.5. The SMILES string of the molecule is CC(C)N(CCCC(=O)O)C(=O)c1cc2ccccc2o1. The molecule has 0 saturated heterocycles. The second kappa shape index (κ2) is 6.43. The molecule has 21 heavy (non-hydrogen) atoms. The molecule has 0 aliphatic rings. The first-order valence-electron chi connectivity index (χ1n) is 7.00. The maximum Gasteiger partial charge on any atom is 0.303 e. The summed E-state index contributed by atoms with van der Waals surface area (Å²) in [6.07, 6.45) is 0.482. The van der Waals surface area contributed by atoms with E-state index in [1.165, 1.54) is 0 Å². The van der Waals surface area contributed by atoms with Gasteiger partial charge in [-0.15, -0.1) is 0 Å². The minimum atomic E-state index is -0.852. The van der Waals surface area contributed by atoms with Crippen LogP contribution in [-0.2, 0) is 4.79 Å². The van der Waals surface area contributed by atoms with E-state index in [0.717, 1.165) is 5.39 Å². The number of hydrogen-bond acceptors (Lipinski definition) is 3. The van der Waals surface area contributed by atoms with E-state index in [9.17, 15) is 9.59 Å². The van der Waals surface area contributed by atoms with Gasteiger partial charge < -0.3 is 14.4 Å². The van der Waals surface area contributed by atoms with Crippen LogP contribution in [0.25, 0.3) is 11.0 Å². The van der Waals surface area contributed by atoms with Gasteiger partial charge in [0.15, 0.2) is 5.76 Å². The van der Waals surface area contributed by atoms with Gasteiger partial charge in [-0.1, -0.05) is 18.2 Å². The van der Waals surface area contributed by atoms with E-state index in [2.05, 4.69) is 0 Å². The molecule has 0 unspecified atom stereocenters. The molecule has 1 heterocycles. The second-order valence-corrected chi connectivity index (χ2v) is 5.24. The minimum absolute atomic E-state index is 0.0143. The summed E-state index contributed by atoms with van der Waals surface area (Å²) < 4.78 is 5.58. The molecule has 0 aliphatic heterocycles. The lowest BCUT2D eigenvalue weighted by Gasteiger charge is -2.25. The highest BCUT2D eigenvalue weighted by Crippen LogP contribution is 2.21. The topological polar surface area (TPSA) is 70.8 Å². The standard InChI is InChI=1S/C16H19NO4/c1-11(2)17(9-5-8-15(18)19)16(20)14-10-12-6-3-4-7-13(12)21-14/h3-4,6-7,10-11H,5,8-9H2,1-2H3,(H,18,19). The summed E-state index contributed by atoms with van der Waals surface area (Å²) in [6.45, 7) is 4.21. The Bertz CT molecular complexity index is 612. The van der Waals surface area contributed by atoms with Crippen molar-refractivity contribution in [2.45, 2.75) is 32.7 Å². The van der Waals surface area contributed by atoms with Crippen LogP contribution in [0.15, 0.2) is 34.7 Å². The van der Waals surface area contributed by atoms with E-state index >= 15 is 0 Å². The molecule has 112 valence electrons. The first kappa shape index (κ1) is 15.1. The van der Waals surface area contributed by atoms with E-state index < -0.39 is 5.97 Å². The van der Waals surface area contributed by atoms with Crippen molar-refractivity contribution in [2.24, 2.45) is 0 Å². The third kappa shape index (κ3) is 3.62. The summed E-state index contributed by atoms with van der Waals surface area (Å²) in [5, 5.41) is 9.58. The Morgan fingerprint density at radius 2 is 2.00 bits per heavy atom. The van der Waals surface area contributed by atoms with Gasteiger partial charge in [0.05, 0.1) is 0 Å². The molecule has 1 aromatic carbocycles. The van der Waals surface area contributed by atoms with Crippen molar-refractivity contribution in [3.63, 3.8) is 0 Å². The van der Waals surface area contributed by atoms with Gasteiger partial charge in [-0.25, -0.2) is 0 Å². The number of aliphatic carboxylic acids is 1. The number of para-hydroxylation sites is 1. The Hall–Kier alpha value is -2.30. The molecule has 5 nitrogen and oxygen atoms in total. The fourth-order valence-electron chi connectivity index (χ4n) is 2.22. The Morgan fingerprint density at radius 3 is 2.62 bits per heavy atom. The van der Waals surface area contributed by atoms with Crippen molar-refractivity contribution >= 4 is 22.8 Å². The number of nitrogens with zero attached hydrogens (tertiary/aromatic N) is 1. The van der Waals surface area contributed by atoms with Crippen LogP contribution in [0.4, 0.5) is 0 Å². The lowest BCUT2D eigenvalue weighted by atomic mass is 10.2. The Kier molecular flexibility index (Phi) is 4.62. The summed E-state index contributed by atoms with van der Waals surface area (Å²) in [6, 6.07) is 9.16. The Balaban J connectivity index is 2.15. The van der Waals surface area contributed by atoms with Crippen LogP contribution in [0.3, 0.4) is 0 Å². The van der Waals surface area contributed by atoms with Gasteiger partial charge in [0, 0.05) is 24.4 Å². The average molecular weight is 289 g/mol. The molecule has 1 amide bonds. The minimum Gasteiger partial charge on any atom is -0.481 e. The molecule has 0 saturated carbocycles. The normalized spacial score (nSPS) is 11.0. The lowest BCUT2D eigenvalue weighted by molar-refractivity contribution is -0.137. The molecule has 1 N–H and O–H groups in total. The predicted molar refractivity (Wildman–Crippen MR) is 79.3 cm³/mol. The van der Waals surface area contributed by atoms with E-state index in [4.69, 9.17) is 9.52 Å². The summed E-state index contributed by atoms with van der Waals surface area (Å²) in [5.41, 5.74) is 0.676. The third-order valence-corrected chi connectivity index (χ3v) is 3.31. The maximum absolute atomic E-state index is 12.5. The average Bonchev–Trinajstić information content (AvgIpc) is 2.86. The third-order valence-electron chi connectivity index (χ3n) is 3.31. The molecular weight excluding hydrogens is 270 g/mol. The zero-order chi connectivity index (χ0) is 15.4. The van der Waals surface area contributed by atoms with Crippen LogP contribution in [0.1, 0.15) is 37.2 Å². The van der Waals surface area contributed by atoms with E-state index in [0.29, 0.717) is 24.3 Å². The Morgan fingerprint density at radius 1 is 1.29 bits per heavy atom. The number of amides is 1. The van der Waals surface area contributed by atoms with Gasteiger partial charge in [-0.05, 0) is 32.4 Å². The quantitative estimate of drug-likeness (QED) is 0.886. The summed E-state index contributed by atoms with van der Waals surface area (Å²) in [4.78, 5) is 24.7. The molecule has 5 heteroatoms. The highest BCUT2D eigenvalue weighted by atomic mass is 16.4. The molecule has 0 aliphatic carbocycles. The number of carboxylic acids is 1. The fraction of sp³-hybridized carbons (Fsp3) is 0.375. The number of benzene rings is 1. The molecule has 0 atom stereocenters. The van der Waals surface area contributed by atoms with Crippen LogP contribution in [0, 0.1) is 0 Å². The molecular formula is C16H19NO4. The van der Waals surface area contributed by atoms with E-state index in [-0.39, 0.29) is 18.4 Å².